The molecule has 1 heterocycles. The molecule has 173 valence electrons. The molecule has 1 aliphatic rings. The van der Waals surface area contributed by atoms with Gasteiger partial charge < -0.3 is 15.4 Å². The van der Waals surface area contributed by atoms with Crippen LogP contribution in [-0.4, -0.2) is 45.8 Å². The van der Waals surface area contributed by atoms with Crippen LogP contribution < -0.4 is 10.6 Å². The number of alkyl carbamates (subject to hydrolysis) is 1. The number of nitrogens with one attached hydrogen (secondary N) is 2. The van der Waals surface area contributed by atoms with Crippen LogP contribution in [0.4, 0.5) is 4.79 Å². The van der Waals surface area contributed by atoms with Crippen molar-refractivity contribution >= 4 is 12.0 Å². The SMILES string of the molecule is CC(C)CC(/C=C/CC(=O)NC1CC(C)(C)N([O])C(C)(C)C1)NC(=O)OC(C)(C)C. The lowest BCUT2D eigenvalue weighted by atomic mass is 9.79. The molecule has 1 rings (SSSR count). The van der Waals surface area contributed by atoms with Crippen molar-refractivity contribution in [1.82, 2.24) is 15.7 Å². The molecule has 0 aliphatic carbocycles. The Morgan fingerprint density at radius 2 is 1.67 bits per heavy atom. The molecule has 0 aromatic carbocycles. The Kier molecular flexibility index (Phi) is 8.93. The van der Waals surface area contributed by atoms with Gasteiger partial charge in [-0.1, -0.05) is 26.0 Å². The highest BCUT2D eigenvalue weighted by Gasteiger charge is 2.46. The summed E-state index contributed by atoms with van der Waals surface area (Å²) in [6.45, 7) is 17.3. The first kappa shape index (κ1) is 26.4. The molecule has 2 N–H and O–H groups in total. The summed E-state index contributed by atoms with van der Waals surface area (Å²) in [6.07, 6.45) is 5.40. The van der Waals surface area contributed by atoms with Crippen LogP contribution in [0.1, 0.15) is 88.0 Å². The van der Waals surface area contributed by atoms with E-state index in [1.807, 2.05) is 54.5 Å². The number of rotatable bonds is 7. The van der Waals surface area contributed by atoms with Crippen molar-refractivity contribution in [2.24, 2.45) is 5.92 Å². The third-order valence-electron chi connectivity index (χ3n) is 5.06. The highest BCUT2D eigenvalue weighted by Crippen LogP contribution is 2.36. The van der Waals surface area contributed by atoms with E-state index in [9.17, 15) is 14.8 Å². The molecule has 7 heteroatoms. The first-order valence-electron chi connectivity index (χ1n) is 10.9. The highest BCUT2D eigenvalue weighted by atomic mass is 16.6. The molecule has 0 spiro atoms. The van der Waals surface area contributed by atoms with Crippen molar-refractivity contribution in [2.45, 2.75) is 117 Å². The van der Waals surface area contributed by atoms with Gasteiger partial charge in [-0.05, 0) is 73.6 Å². The standard InChI is InChI=1S/C23H42N3O4/c1-16(2)13-17(25-20(28)30-21(3,4)5)11-10-12-19(27)24-18-14-22(6,7)26(29)23(8,9)15-18/h10-11,16-18H,12-15H2,1-9H3,(H,24,27)(H,25,28)/b11-10+. The average Bonchev–Trinajstić information content (AvgIpc) is 2.49. The van der Waals surface area contributed by atoms with Gasteiger partial charge in [0.15, 0.2) is 0 Å². The molecule has 1 atom stereocenters. The van der Waals surface area contributed by atoms with E-state index in [4.69, 9.17) is 4.74 Å². The van der Waals surface area contributed by atoms with Crippen LogP contribution in [0.5, 0.6) is 0 Å². The van der Waals surface area contributed by atoms with Gasteiger partial charge in [0.2, 0.25) is 5.91 Å². The van der Waals surface area contributed by atoms with Crippen molar-refractivity contribution in [2.75, 3.05) is 0 Å². The molecular weight excluding hydrogens is 382 g/mol. The molecule has 0 bridgehead atoms. The number of ether oxygens (including phenoxy) is 1. The molecule has 1 fully saturated rings. The minimum atomic E-state index is -0.558. The van der Waals surface area contributed by atoms with Gasteiger partial charge in [0.05, 0.1) is 6.04 Å². The summed E-state index contributed by atoms with van der Waals surface area (Å²) >= 11 is 0. The fourth-order valence-corrected chi connectivity index (χ4v) is 4.14. The van der Waals surface area contributed by atoms with E-state index < -0.39 is 22.8 Å². The third-order valence-corrected chi connectivity index (χ3v) is 5.06. The molecule has 30 heavy (non-hydrogen) atoms. The largest absolute Gasteiger partial charge is 0.444 e. The molecule has 2 amide bonds. The maximum atomic E-state index is 12.5. The molecule has 0 aromatic rings. The zero-order valence-corrected chi connectivity index (χ0v) is 20.3. The fourth-order valence-electron chi connectivity index (χ4n) is 4.14. The number of amides is 2. The van der Waals surface area contributed by atoms with E-state index in [0.717, 1.165) is 11.5 Å². The second-order valence-corrected chi connectivity index (χ2v) is 11.1. The number of hydrogen-bond acceptors (Lipinski definition) is 4. The lowest BCUT2D eigenvalue weighted by Gasteiger charge is -2.50. The molecule has 1 unspecified atom stereocenters. The number of hydroxylamine groups is 2. The monoisotopic (exact) mass is 424 g/mol. The van der Waals surface area contributed by atoms with Crippen molar-refractivity contribution in [1.29, 1.82) is 0 Å². The molecule has 0 saturated carbocycles. The van der Waals surface area contributed by atoms with Gasteiger partial charge in [-0.2, -0.15) is 0 Å². The number of piperidine rings is 1. The van der Waals surface area contributed by atoms with E-state index in [1.54, 1.807) is 6.08 Å². The minimum absolute atomic E-state index is 0.0348. The third kappa shape index (κ3) is 9.04. The van der Waals surface area contributed by atoms with E-state index >= 15 is 0 Å². The summed E-state index contributed by atoms with van der Waals surface area (Å²) in [4.78, 5) is 24.5. The lowest BCUT2D eigenvalue weighted by Crippen LogP contribution is -2.62. The van der Waals surface area contributed by atoms with Gasteiger partial charge in [-0.3, -0.25) is 4.79 Å². The van der Waals surface area contributed by atoms with Crippen molar-refractivity contribution in [3.8, 4) is 0 Å². The van der Waals surface area contributed by atoms with Crippen LogP contribution in [0.3, 0.4) is 0 Å². The lowest BCUT2D eigenvalue weighted by molar-refractivity contribution is -0.290. The summed E-state index contributed by atoms with van der Waals surface area (Å²) in [5.41, 5.74) is -1.60. The molecule has 7 nitrogen and oxygen atoms in total. The maximum Gasteiger partial charge on any atom is 0.408 e. The Bertz CT molecular complexity index is 602. The predicted octanol–water partition coefficient (Wildman–Crippen LogP) is 4.36. The summed E-state index contributed by atoms with van der Waals surface area (Å²) in [5.74, 6) is 0.299. The molecule has 1 radical (unpaired) electrons. The molecular formula is C23H42N3O4. The number of nitrogens with zero attached hydrogens (tertiary/aromatic N) is 1. The van der Waals surface area contributed by atoms with Gasteiger partial charge >= 0.3 is 6.09 Å². The Hall–Kier alpha value is -1.60. The Labute approximate surface area is 182 Å². The smallest absolute Gasteiger partial charge is 0.408 e. The van der Waals surface area contributed by atoms with Gasteiger partial charge in [0, 0.05) is 23.5 Å². The topological polar surface area (TPSA) is 90.6 Å². The summed E-state index contributed by atoms with van der Waals surface area (Å²) in [5, 5.41) is 19.5. The number of hydrogen-bond donors (Lipinski definition) is 2. The van der Waals surface area contributed by atoms with E-state index in [-0.39, 0.29) is 24.4 Å². The molecule has 0 aromatic heterocycles. The zero-order chi connectivity index (χ0) is 23.3. The Morgan fingerprint density at radius 1 is 1.13 bits per heavy atom. The zero-order valence-electron chi connectivity index (χ0n) is 20.3. The van der Waals surface area contributed by atoms with Crippen LogP contribution in [0, 0.1) is 5.92 Å². The van der Waals surface area contributed by atoms with E-state index in [0.29, 0.717) is 18.8 Å². The van der Waals surface area contributed by atoms with Crippen molar-refractivity contribution in [3.05, 3.63) is 12.2 Å². The second-order valence-electron chi connectivity index (χ2n) is 11.1. The normalized spacial score (nSPS) is 20.9. The minimum Gasteiger partial charge on any atom is -0.444 e. The Morgan fingerprint density at radius 3 is 2.13 bits per heavy atom. The fraction of sp³-hybridized carbons (Fsp3) is 0.826. The van der Waals surface area contributed by atoms with Crippen LogP contribution in [0.25, 0.3) is 0 Å². The molecule has 1 saturated heterocycles. The van der Waals surface area contributed by atoms with Gasteiger partial charge in [-0.25, -0.2) is 4.79 Å². The van der Waals surface area contributed by atoms with Crippen LogP contribution >= 0.6 is 0 Å². The summed E-state index contributed by atoms with van der Waals surface area (Å²) in [6, 6.07) is -0.235. The quantitative estimate of drug-likeness (QED) is 0.594. The van der Waals surface area contributed by atoms with Crippen molar-refractivity contribution in [3.63, 3.8) is 0 Å². The van der Waals surface area contributed by atoms with Crippen molar-refractivity contribution < 1.29 is 19.5 Å². The Balaban J connectivity index is 2.63. The summed E-state index contributed by atoms with van der Waals surface area (Å²) in [7, 11) is 0. The predicted molar refractivity (Wildman–Crippen MR) is 118 cm³/mol. The number of carbonyl (C=O) groups excluding carboxylic acids is 2. The van der Waals surface area contributed by atoms with Gasteiger partial charge in [0.1, 0.15) is 5.60 Å². The number of carbonyl (C=O) groups is 2. The van der Waals surface area contributed by atoms with Crippen LogP contribution in [-0.2, 0) is 14.7 Å². The molecule has 1 aliphatic heterocycles. The average molecular weight is 425 g/mol. The highest BCUT2D eigenvalue weighted by molar-refractivity contribution is 5.77. The second kappa shape index (κ2) is 10.1. The van der Waals surface area contributed by atoms with Crippen LogP contribution in [0.15, 0.2) is 12.2 Å². The maximum absolute atomic E-state index is 12.5. The first-order chi connectivity index (χ1) is 13.5. The van der Waals surface area contributed by atoms with E-state index in [1.165, 1.54) is 0 Å². The summed E-state index contributed by atoms with van der Waals surface area (Å²) < 4.78 is 5.33. The van der Waals surface area contributed by atoms with Crippen LogP contribution in [0.2, 0.25) is 0 Å². The van der Waals surface area contributed by atoms with Gasteiger partial charge in [-0.15, -0.1) is 10.3 Å². The van der Waals surface area contributed by atoms with Gasteiger partial charge in [0.25, 0.3) is 0 Å². The van der Waals surface area contributed by atoms with E-state index in [2.05, 4.69) is 24.5 Å². The first-order valence-corrected chi connectivity index (χ1v) is 10.9.